The zero-order valence-electron chi connectivity index (χ0n) is 35.4. The van der Waals surface area contributed by atoms with Crippen LogP contribution in [0.25, 0.3) is 5.57 Å². The Kier molecular flexibility index (Phi) is 13.7. The highest BCUT2D eigenvalue weighted by Gasteiger charge is 2.39. The highest BCUT2D eigenvalue weighted by molar-refractivity contribution is 6.42. The maximum Gasteiger partial charge on any atom is 0.326 e. The summed E-state index contributed by atoms with van der Waals surface area (Å²) in [5.74, 6) is 0.473. The van der Waals surface area contributed by atoms with Crippen molar-refractivity contribution >= 4 is 46.3 Å². The van der Waals surface area contributed by atoms with Crippen LogP contribution in [0.3, 0.4) is 0 Å². The quantitative estimate of drug-likeness (QED) is 0.0688. The Hall–Kier alpha value is -6.52. The van der Waals surface area contributed by atoms with Gasteiger partial charge in [-0.25, -0.2) is 4.79 Å². The van der Waals surface area contributed by atoms with Crippen molar-refractivity contribution in [3.63, 3.8) is 0 Å². The van der Waals surface area contributed by atoms with E-state index in [9.17, 15) is 14.7 Å². The lowest BCUT2D eigenvalue weighted by atomic mass is 9.89. The summed E-state index contributed by atoms with van der Waals surface area (Å²) in [6.45, 7) is 7.06. The fraction of sp³-hybridized carbons (Fsp3) is 0.208. The van der Waals surface area contributed by atoms with Gasteiger partial charge in [-0.15, -0.1) is 0 Å². The molecule has 0 fully saturated rings. The predicted octanol–water partition coefficient (Wildman–Crippen LogP) is 11.0. The monoisotopic (exact) mass is 893 g/mol. The second-order valence-corrected chi connectivity index (χ2v) is 16.8. The fourth-order valence-corrected chi connectivity index (χ4v) is 8.86. The molecule has 0 aliphatic carbocycles. The van der Waals surface area contributed by atoms with Crippen molar-refractivity contribution in [2.24, 2.45) is 0 Å². The molecule has 6 aromatic carbocycles. The number of anilines is 1. The average Bonchev–Trinajstić information content (AvgIpc) is 3.31. The van der Waals surface area contributed by atoms with Gasteiger partial charge in [0.2, 0.25) is 5.91 Å². The first-order valence-corrected chi connectivity index (χ1v) is 22.1. The molecule has 326 valence electrons. The van der Waals surface area contributed by atoms with E-state index in [2.05, 4.69) is 35.9 Å². The molecule has 0 bridgehead atoms. The van der Waals surface area contributed by atoms with Crippen molar-refractivity contribution in [3.8, 4) is 17.2 Å². The van der Waals surface area contributed by atoms with E-state index in [-0.39, 0.29) is 24.5 Å². The van der Waals surface area contributed by atoms with Gasteiger partial charge in [-0.1, -0.05) is 140 Å². The van der Waals surface area contributed by atoms with Crippen molar-refractivity contribution in [2.75, 3.05) is 12.3 Å². The number of carboxylic acid groups (broad SMARTS) is 1. The molecule has 0 aromatic heterocycles. The van der Waals surface area contributed by atoms with E-state index in [0.29, 0.717) is 59.2 Å². The van der Waals surface area contributed by atoms with Gasteiger partial charge in [-0.05, 0) is 99.8 Å². The molecule has 64 heavy (non-hydrogen) atoms. The molecule has 1 amide bonds. The number of hydrogen-bond donors (Lipinski definition) is 3. The molecule has 0 saturated heterocycles. The number of nitrogens with zero attached hydrogens (tertiary/aromatic N) is 1. The first-order valence-electron chi connectivity index (χ1n) is 21.3. The molecule has 9 nitrogen and oxygen atoms in total. The van der Waals surface area contributed by atoms with E-state index in [1.165, 1.54) is 0 Å². The van der Waals surface area contributed by atoms with E-state index >= 15 is 0 Å². The summed E-state index contributed by atoms with van der Waals surface area (Å²) >= 11 is 12.2. The third-order valence-corrected chi connectivity index (χ3v) is 12.6. The van der Waals surface area contributed by atoms with Crippen LogP contribution in [0, 0.1) is 0 Å². The average molecular weight is 895 g/mol. The van der Waals surface area contributed by atoms with E-state index < -0.39 is 18.1 Å². The van der Waals surface area contributed by atoms with Crippen LogP contribution >= 0.6 is 23.2 Å². The number of nitrogens with two attached hydrogens (primary N) is 1. The van der Waals surface area contributed by atoms with Crippen LogP contribution < -0.4 is 25.3 Å². The largest absolute Gasteiger partial charge is 0.489 e. The highest BCUT2D eigenvalue weighted by Crippen LogP contribution is 2.43. The molecule has 6 aromatic rings. The first kappa shape index (κ1) is 44.1. The normalized spacial score (nSPS) is 16.8. The van der Waals surface area contributed by atoms with Crippen molar-refractivity contribution in [3.05, 3.63) is 207 Å². The van der Waals surface area contributed by atoms with Crippen LogP contribution in [-0.2, 0) is 35.6 Å². The van der Waals surface area contributed by atoms with Gasteiger partial charge in [0.25, 0.3) is 0 Å². The highest BCUT2D eigenvalue weighted by atomic mass is 35.5. The summed E-state index contributed by atoms with van der Waals surface area (Å²) in [5.41, 5.74) is 15.3. The lowest BCUT2D eigenvalue weighted by molar-refractivity contribution is -0.143. The van der Waals surface area contributed by atoms with E-state index in [4.69, 9.17) is 43.1 Å². The van der Waals surface area contributed by atoms with Gasteiger partial charge in [-0.2, -0.15) is 0 Å². The zero-order chi connectivity index (χ0) is 44.7. The third kappa shape index (κ3) is 9.98. The second-order valence-electron chi connectivity index (χ2n) is 16.0. The molecule has 4 atom stereocenters. The Balaban J connectivity index is 0.992. The van der Waals surface area contributed by atoms with Crippen molar-refractivity contribution in [2.45, 2.75) is 63.6 Å². The molecule has 0 unspecified atom stereocenters. The standard InChI is InChI=1S/C53H49Cl2N3O6/c1-3-10-41(42-13-8-9-14-45(42)56)35-18-15-33(16-19-35)26-46(53(60)61)57-52(59)48-27-38-28-49-50(29-39(38)30-58(48)47(4-2)36-11-6-5-7-12-36)64-51(32-63-49)37-20-22-40(23-21-37)62-31-34-17-24-43(54)44(55)25-34/h3,5-25,28-29,46-48,51H,1,4,26-27,30-32,56H2,2H3,(H,57,59)(H,60,61)/b41-10-/t46-,47-,48-,51+/m0/s1. The molecule has 0 spiro atoms. The molecular formula is C53H49Cl2N3O6. The summed E-state index contributed by atoms with van der Waals surface area (Å²) in [6, 6.07) is 40.6. The number of halogens is 2. The lowest BCUT2D eigenvalue weighted by Crippen LogP contribution is -2.55. The number of hydrogen-bond acceptors (Lipinski definition) is 7. The van der Waals surface area contributed by atoms with E-state index in [1.54, 1.807) is 18.2 Å². The Morgan fingerprint density at radius 2 is 1.61 bits per heavy atom. The second kappa shape index (κ2) is 19.9. The van der Waals surface area contributed by atoms with Crippen LogP contribution in [0.5, 0.6) is 17.2 Å². The summed E-state index contributed by atoms with van der Waals surface area (Å²) in [6.07, 6.45) is 4.46. The van der Waals surface area contributed by atoms with Crippen molar-refractivity contribution in [1.82, 2.24) is 10.2 Å². The number of allylic oxidation sites excluding steroid dienone is 2. The van der Waals surface area contributed by atoms with Crippen LogP contribution in [0.1, 0.15) is 70.0 Å². The van der Waals surface area contributed by atoms with Gasteiger partial charge >= 0.3 is 5.97 Å². The Morgan fingerprint density at radius 1 is 0.891 bits per heavy atom. The molecule has 2 aliphatic heterocycles. The number of amides is 1. The lowest BCUT2D eigenvalue weighted by Gasteiger charge is -2.42. The van der Waals surface area contributed by atoms with Gasteiger partial charge in [-0.3, -0.25) is 9.69 Å². The minimum atomic E-state index is -1.16. The number of carboxylic acids is 1. The Labute approximate surface area is 383 Å². The summed E-state index contributed by atoms with van der Waals surface area (Å²) in [5, 5.41) is 14.4. The Morgan fingerprint density at radius 3 is 2.31 bits per heavy atom. The van der Waals surface area contributed by atoms with Gasteiger partial charge < -0.3 is 30.4 Å². The number of rotatable bonds is 15. The minimum Gasteiger partial charge on any atom is -0.489 e. The summed E-state index contributed by atoms with van der Waals surface area (Å²) in [4.78, 5) is 29.5. The smallest absolute Gasteiger partial charge is 0.326 e. The fourth-order valence-electron chi connectivity index (χ4n) is 8.54. The summed E-state index contributed by atoms with van der Waals surface area (Å²) in [7, 11) is 0. The number of nitrogens with one attached hydrogen (secondary N) is 1. The molecular weight excluding hydrogens is 846 g/mol. The number of carbonyl (C=O) groups is 2. The maximum absolute atomic E-state index is 14.5. The topological polar surface area (TPSA) is 123 Å². The maximum atomic E-state index is 14.5. The number of benzene rings is 6. The SMILES string of the molecule is C=C/C=C(/c1ccc(C[C@H](NC(=O)[C@@H]2Cc3cc4c(cc3CN2[C@@H](CC)c2ccccc2)O[C@@H](c2ccc(OCc3ccc(Cl)c(Cl)c3)cc2)CO4)C(=O)O)cc1)c1ccccc1N. The third-order valence-electron chi connectivity index (χ3n) is 11.9. The van der Waals surface area contributed by atoms with E-state index in [0.717, 1.165) is 56.5 Å². The van der Waals surface area contributed by atoms with Crippen molar-refractivity contribution in [1.29, 1.82) is 0 Å². The van der Waals surface area contributed by atoms with Crippen LogP contribution in [0.2, 0.25) is 10.0 Å². The van der Waals surface area contributed by atoms with Crippen LogP contribution in [0.15, 0.2) is 152 Å². The number of carbonyl (C=O) groups excluding carboxylic acids is 1. The van der Waals surface area contributed by atoms with Crippen LogP contribution in [-0.4, -0.2) is 40.6 Å². The number of nitrogen functional groups attached to an aromatic ring is 1. The Bertz CT molecular complexity index is 2670. The van der Waals surface area contributed by atoms with Gasteiger partial charge in [0.15, 0.2) is 17.6 Å². The van der Waals surface area contributed by atoms with Crippen molar-refractivity contribution < 1.29 is 28.9 Å². The van der Waals surface area contributed by atoms with E-state index in [1.807, 2.05) is 115 Å². The first-order chi connectivity index (χ1) is 31.1. The minimum absolute atomic E-state index is 0.100. The zero-order valence-corrected chi connectivity index (χ0v) is 36.9. The molecule has 0 radical (unpaired) electrons. The number of aliphatic carboxylic acids is 1. The van der Waals surface area contributed by atoms with Gasteiger partial charge in [0.05, 0.1) is 16.1 Å². The molecule has 8 rings (SSSR count). The number of ether oxygens (including phenoxy) is 3. The molecule has 4 N–H and O–H groups in total. The molecule has 0 saturated carbocycles. The van der Waals surface area contributed by atoms with Crippen LogP contribution in [0.4, 0.5) is 5.69 Å². The number of fused-ring (bicyclic) bond motifs is 2. The predicted molar refractivity (Wildman–Crippen MR) is 253 cm³/mol. The molecule has 2 aliphatic rings. The van der Waals surface area contributed by atoms with Gasteiger partial charge in [0.1, 0.15) is 25.0 Å². The van der Waals surface area contributed by atoms with Gasteiger partial charge in [0, 0.05) is 30.3 Å². The molecule has 2 heterocycles. The number of para-hydroxylation sites is 1. The molecule has 11 heteroatoms. The summed E-state index contributed by atoms with van der Waals surface area (Å²) < 4.78 is 18.9.